The Morgan fingerprint density at radius 1 is 1.29 bits per heavy atom. The van der Waals surface area contributed by atoms with Crippen molar-refractivity contribution in [3.05, 3.63) is 0 Å². The zero-order chi connectivity index (χ0) is 15.8. The summed E-state index contributed by atoms with van der Waals surface area (Å²) in [5.41, 5.74) is 0. The molecule has 0 saturated carbocycles. The molecule has 0 bridgehead atoms. The lowest BCUT2D eigenvalue weighted by Crippen LogP contribution is -2.32. The van der Waals surface area contributed by atoms with E-state index in [1.54, 1.807) is 11.8 Å². The first-order valence-corrected chi connectivity index (χ1v) is 8.65. The average Bonchev–Trinajstić information content (AvgIpc) is 2.71. The van der Waals surface area contributed by atoms with Gasteiger partial charge in [-0.25, -0.2) is 0 Å². The van der Waals surface area contributed by atoms with Crippen molar-refractivity contribution >= 4 is 29.5 Å². The number of rotatable bonds is 10. The van der Waals surface area contributed by atoms with E-state index < -0.39 is 5.97 Å². The molecular weight excluding hydrogens is 290 g/mol. The standard InChI is InChI=1S/C15H25NO4S/c1-3-11(4-2)21-12-10-13(17)16(15(12)20)9-7-5-6-8-14(18)19/h11-12H,3-10H2,1-2H3,(H,18,19). The van der Waals surface area contributed by atoms with E-state index in [1.807, 2.05) is 0 Å². The zero-order valence-electron chi connectivity index (χ0n) is 12.8. The zero-order valence-corrected chi connectivity index (χ0v) is 13.7. The summed E-state index contributed by atoms with van der Waals surface area (Å²) >= 11 is 1.63. The third kappa shape index (κ3) is 5.69. The van der Waals surface area contributed by atoms with Gasteiger partial charge in [-0.3, -0.25) is 19.3 Å². The minimum atomic E-state index is -0.801. The molecule has 1 rings (SSSR count). The summed E-state index contributed by atoms with van der Waals surface area (Å²) < 4.78 is 0. The van der Waals surface area contributed by atoms with Gasteiger partial charge in [0, 0.05) is 24.6 Å². The quantitative estimate of drug-likeness (QED) is 0.495. The van der Waals surface area contributed by atoms with Crippen LogP contribution in [0.3, 0.4) is 0 Å². The van der Waals surface area contributed by atoms with Crippen LogP contribution in [-0.4, -0.2) is 44.8 Å². The number of amides is 2. The average molecular weight is 315 g/mol. The monoisotopic (exact) mass is 315 g/mol. The summed E-state index contributed by atoms with van der Waals surface area (Å²) in [6.07, 6.45) is 4.49. The molecule has 1 fully saturated rings. The first-order chi connectivity index (χ1) is 9.99. The minimum absolute atomic E-state index is 0.0601. The first kappa shape index (κ1) is 18.0. The molecule has 2 amide bonds. The Hall–Kier alpha value is -1.04. The van der Waals surface area contributed by atoms with Gasteiger partial charge in [-0.15, -0.1) is 11.8 Å². The Balaban J connectivity index is 2.37. The molecule has 21 heavy (non-hydrogen) atoms. The fraction of sp³-hybridized carbons (Fsp3) is 0.800. The van der Waals surface area contributed by atoms with Gasteiger partial charge >= 0.3 is 5.97 Å². The van der Waals surface area contributed by atoms with Gasteiger partial charge in [0.2, 0.25) is 11.8 Å². The fourth-order valence-electron chi connectivity index (χ4n) is 2.43. The number of carboxylic acids is 1. The topological polar surface area (TPSA) is 74.7 Å². The molecule has 1 saturated heterocycles. The largest absolute Gasteiger partial charge is 0.481 e. The number of imide groups is 1. The second-order valence-electron chi connectivity index (χ2n) is 5.36. The smallest absolute Gasteiger partial charge is 0.303 e. The van der Waals surface area contributed by atoms with E-state index >= 15 is 0 Å². The molecule has 5 nitrogen and oxygen atoms in total. The van der Waals surface area contributed by atoms with Crippen molar-refractivity contribution in [1.29, 1.82) is 0 Å². The Labute approximate surface area is 130 Å². The van der Waals surface area contributed by atoms with E-state index in [4.69, 9.17) is 5.11 Å². The lowest BCUT2D eigenvalue weighted by molar-refractivity contribution is -0.139. The molecule has 1 aliphatic heterocycles. The highest BCUT2D eigenvalue weighted by molar-refractivity contribution is 8.01. The molecule has 120 valence electrons. The summed E-state index contributed by atoms with van der Waals surface area (Å²) in [6, 6.07) is 0. The molecule has 1 atom stereocenters. The number of hydrogen-bond acceptors (Lipinski definition) is 4. The molecule has 1 N–H and O–H groups in total. The van der Waals surface area contributed by atoms with Gasteiger partial charge in [0.15, 0.2) is 0 Å². The Morgan fingerprint density at radius 2 is 1.95 bits per heavy atom. The van der Waals surface area contributed by atoms with Crippen LogP contribution < -0.4 is 0 Å². The number of thioether (sulfide) groups is 1. The summed E-state index contributed by atoms with van der Waals surface area (Å²) in [7, 11) is 0. The maximum Gasteiger partial charge on any atom is 0.303 e. The van der Waals surface area contributed by atoms with Crippen molar-refractivity contribution in [1.82, 2.24) is 4.90 Å². The van der Waals surface area contributed by atoms with Crippen LogP contribution in [0.5, 0.6) is 0 Å². The Morgan fingerprint density at radius 3 is 2.52 bits per heavy atom. The molecule has 6 heteroatoms. The van der Waals surface area contributed by atoms with Gasteiger partial charge in [-0.05, 0) is 25.7 Å². The molecule has 0 aromatic carbocycles. The van der Waals surface area contributed by atoms with Crippen LogP contribution >= 0.6 is 11.8 Å². The van der Waals surface area contributed by atoms with Crippen molar-refractivity contribution in [3.8, 4) is 0 Å². The van der Waals surface area contributed by atoms with Gasteiger partial charge < -0.3 is 5.11 Å². The number of unbranched alkanes of at least 4 members (excludes halogenated alkanes) is 2. The second kappa shape index (κ2) is 9.07. The van der Waals surface area contributed by atoms with Crippen LogP contribution in [0.1, 0.15) is 58.8 Å². The van der Waals surface area contributed by atoms with Crippen LogP contribution in [0.4, 0.5) is 0 Å². The predicted octanol–water partition coefficient (Wildman–Crippen LogP) is 2.68. The highest BCUT2D eigenvalue weighted by Gasteiger charge is 2.39. The molecule has 0 aromatic rings. The highest BCUT2D eigenvalue weighted by Crippen LogP contribution is 2.31. The Bertz CT molecular complexity index is 382. The number of carbonyl (C=O) groups is 3. The van der Waals surface area contributed by atoms with Crippen molar-refractivity contribution in [2.45, 2.75) is 69.3 Å². The predicted molar refractivity (Wildman–Crippen MR) is 83.2 cm³/mol. The number of likely N-dealkylation sites (tertiary alicyclic amines) is 1. The van der Waals surface area contributed by atoms with Crippen molar-refractivity contribution < 1.29 is 19.5 Å². The maximum absolute atomic E-state index is 12.2. The van der Waals surface area contributed by atoms with Crippen molar-refractivity contribution in [3.63, 3.8) is 0 Å². The molecule has 0 radical (unpaired) electrons. The molecule has 0 aromatic heterocycles. The summed E-state index contributed by atoms with van der Waals surface area (Å²) in [5, 5.41) is 8.76. The van der Waals surface area contributed by atoms with E-state index in [2.05, 4.69) is 13.8 Å². The molecule has 1 heterocycles. The highest BCUT2D eigenvalue weighted by atomic mass is 32.2. The van der Waals surface area contributed by atoms with Crippen molar-refractivity contribution in [2.24, 2.45) is 0 Å². The number of nitrogens with zero attached hydrogens (tertiary/aromatic N) is 1. The van der Waals surface area contributed by atoms with Gasteiger partial charge in [0.25, 0.3) is 0 Å². The normalized spacial score (nSPS) is 18.8. The van der Waals surface area contributed by atoms with Crippen LogP contribution in [0.25, 0.3) is 0 Å². The third-order valence-electron chi connectivity index (χ3n) is 3.74. The van der Waals surface area contributed by atoms with Crippen LogP contribution in [0, 0.1) is 0 Å². The summed E-state index contributed by atoms with van der Waals surface area (Å²) in [6.45, 7) is 4.63. The summed E-state index contributed by atoms with van der Waals surface area (Å²) in [4.78, 5) is 35.9. The SMILES string of the molecule is CCC(CC)SC1CC(=O)N(CCCCCC(=O)O)C1=O. The van der Waals surface area contributed by atoms with Gasteiger partial charge in [0.05, 0.1) is 5.25 Å². The Kier molecular flexibility index (Phi) is 7.78. The van der Waals surface area contributed by atoms with Gasteiger partial charge in [0.1, 0.15) is 0 Å². The van der Waals surface area contributed by atoms with Crippen LogP contribution in [0.2, 0.25) is 0 Å². The van der Waals surface area contributed by atoms with Gasteiger partial charge in [-0.2, -0.15) is 0 Å². The fourth-order valence-corrected chi connectivity index (χ4v) is 3.76. The molecule has 0 spiro atoms. The number of aliphatic carboxylic acids is 1. The number of carbonyl (C=O) groups excluding carboxylic acids is 2. The van der Waals surface area contributed by atoms with Crippen LogP contribution in [-0.2, 0) is 14.4 Å². The van der Waals surface area contributed by atoms with E-state index in [1.165, 1.54) is 4.90 Å². The number of carboxylic acid groups (broad SMARTS) is 1. The lowest BCUT2D eigenvalue weighted by Gasteiger charge is -2.17. The van der Waals surface area contributed by atoms with E-state index in [-0.39, 0.29) is 23.5 Å². The van der Waals surface area contributed by atoms with Crippen molar-refractivity contribution in [2.75, 3.05) is 6.54 Å². The molecule has 1 unspecified atom stereocenters. The third-order valence-corrected chi connectivity index (χ3v) is 5.49. The molecular formula is C15H25NO4S. The lowest BCUT2D eigenvalue weighted by atomic mass is 10.2. The second-order valence-corrected chi connectivity index (χ2v) is 6.86. The minimum Gasteiger partial charge on any atom is -0.481 e. The summed E-state index contributed by atoms with van der Waals surface area (Å²) in [5.74, 6) is -0.943. The maximum atomic E-state index is 12.2. The van der Waals surface area contributed by atoms with Gasteiger partial charge in [-0.1, -0.05) is 20.3 Å². The molecule has 1 aliphatic rings. The van der Waals surface area contributed by atoms with E-state index in [0.29, 0.717) is 31.1 Å². The first-order valence-electron chi connectivity index (χ1n) is 7.71. The molecule has 0 aliphatic carbocycles. The van der Waals surface area contributed by atoms with E-state index in [9.17, 15) is 14.4 Å². The van der Waals surface area contributed by atoms with E-state index in [0.717, 1.165) is 19.3 Å². The number of hydrogen-bond donors (Lipinski definition) is 1. The van der Waals surface area contributed by atoms with Crippen LogP contribution in [0.15, 0.2) is 0 Å².